The van der Waals surface area contributed by atoms with E-state index in [2.05, 4.69) is 6.92 Å². The number of nitrogens with two attached hydrogens (primary N) is 1. The molecule has 0 aromatic heterocycles. The van der Waals surface area contributed by atoms with Crippen LogP contribution in [0, 0.1) is 0 Å². The second-order valence-electron chi connectivity index (χ2n) is 7.01. The van der Waals surface area contributed by atoms with E-state index in [1.165, 1.54) is 64.2 Å². The Morgan fingerprint density at radius 1 is 0.950 bits per heavy atom. The van der Waals surface area contributed by atoms with Gasteiger partial charge in [0, 0.05) is 6.04 Å². The normalized spacial score (nSPS) is 26.9. The molecule has 3 N–H and O–H groups in total. The fraction of sp³-hybridized carbons (Fsp3) is 1.00. The molecule has 0 heterocycles. The molecular weight excluding hydrogens is 246 g/mol. The first-order valence-corrected chi connectivity index (χ1v) is 9.14. The van der Waals surface area contributed by atoms with Crippen molar-refractivity contribution in [3.8, 4) is 0 Å². The van der Waals surface area contributed by atoms with Crippen molar-refractivity contribution in [2.24, 2.45) is 5.73 Å². The van der Waals surface area contributed by atoms with Crippen molar-refractivity contribution in [1.82, 2.24) is 0 Å². The van der Waals surface area contributed by atoms with E-state index < -0.39 is 5.60 Å². The van der Waals surface area contributed by atoms with E-state index in [1.807, 2.05) is 0 Å². The third kappa shape index (κ3) is 8.26. The number of rotatable bonds is 11. The van der Waals surface area contributed by atoms with Crippen molar-refractivity contribution < 1.29 is 5.11 Å². The Kier molecular flexibility index (Phi) is 9.54. The highest BCUT2D eigenvalue weighted by Crippen LogP contribution is 2.32. The summed E-state index contributed by atoms with van der Waals surface area (Å²) in [5.41, 5.74) is 5.54. The van der Waals surface area contributed by atoms with Gasteiger partial charge < -0.3 is 10.8 Å². The van der Waals surface area contributed by atoms with Crippen LogP contribution < -0.4 is 5.73 Å². The third-order valence-electron chi connectivity index (χ3n) is 4.85. The van der Waals surface area contributed by atoms with Gasteiger partial charge in [0.2, 0.25) is 0 Å². The van der Waals surface area contributed by atoms with Crippen molar-refractivity contribution in [3.63, 3.8) is 0 Å². The number of aliphatic hydroxyl groups is 1. The Morgan fingerprint density at radius 3 is 2.05 bits per heavy atom. The Morgan fingerprint density at radius 2 is 1.50 bits per heavy atom. The van der Waals surface area contributed by atoms with Crippen LogP contribution in [0.3, 0.4) is 0 Å². The third-order valence-corrected chi connectivity index (χ3v) is 4.85. The lowest BCUT2D eigenvalue weighted by atomic mass is 9.79. The maximum Gasteiger partial charge on any atom is 0.0662 e. The van der Waals surface area contributed by atoms with Gasteiger partial charge >= 0.3 is 0 Å². The largest absolute Gasteiger partial charge is 0.390 e. The minimum atomic E-state index is -0.433. The van der Waals surface area contributed by atoms with Crippen LogP contribution >= 0.6 is 0 Å². The molecular formula is C18H37NO. The van der Waals surface area contributed by atoms with E-state index in [1.54, 1.807) is 0 Å². The monoisotopic (exact) mass is 283 g/mol. The summed E-state index contributed by atoms with van der Waals surface area (Å²) in [6, 6.07) is 0.233. The van der Waals surface area contributed by atoms with Gasteiger partial charge in [-0.15, -0.1) is 0 Å². The standard InChI is InChI=1S/C18H37NO/c1-2-3-4-5-6-7-8-9-10-11-14-18(20)15-12-13-17(19)16-18/h17,20H,2-16,19H2,1H3. The van der Waals surface area contributed by atoms with Gasteiger partial charge in [-0.3, -0.25) is 0 Å². The van der Waals surface area contributed by atoms with E-state index in [-0.39, 0.29) is 6.04 Å². The molecule has 2 unspecified atom stereocenters. The van der Waals surface area contributed by atoms with Crippen molar-refractivity contribution in [3.05, 3.63) is 0 Å². The van der Waals surface area contributed by atoms with E-state index in [9.17, 15) is 5.11 Å². The predicted octanol–water partition coefficient (Wildman–Crippen LogP) is 4.93. The summed E-state index contributed by atoms with van der Waals surface area (Å²) < 4.78 is 0. The van der Waals surface area contributed by atoms with Crippen molar-refractivity contribution in [1.29, 1.82) is 0 Å². The number of hydrogen-bond acceptors (Lipinski definition) is 2. The summed E-state index contributed by atoms with van der Waals surface area (Å²) in [4.78, 5) is 0. The molecule has 0 bridgehead atoms. The molecule has 1 aliphatic rings. The van der Waals surface area contributed by atoms with Crippen LogP contribution in [-0.2, 0) is 0 Å². The Bertz CT molecular complexity index is 231. The Balaban J connectivity index is 1.89. The first-order chi connectivity index (χ1) is 9.66. The van der Waals surface area contributed by atoms with Crippen LogP contribution in [0.4, 0.5) is 0 Å². The molecule has 0 spiro atoms. The maximum absolute atomic E-state index is 10.5. The van der Waals surface area contributed by atoms with Crippen LogP contribution in [0.5, 0.6) is 0 Å². The molecule has 0 aromatic rings. The molecule has 20 heavy (non-hydrogen) atoms. The highest BCUT2D eigenvalue weighted by molar-refractivity contribution is 4.87. The Hall–Kier alpha value is -0.0800. The minimum Gasteiger partial charge on any atom is -0.390 e. The molecule has 0 amide bonds. The smallest absolute Gasteiger partial charge is 0.0662 e. The maximum atomic E-state index is 10.5. The molecule has 2 atom stereocenters. The molecule has 1 saturated carbocycles. The molecule has 1 fully saturated rings. The zero-order valence-electron chi connectivity index (χ0n) is 13.7. The van der Waals surface area contributed by atoms with Crippen LogP contribution in [0.15, 0.2) is 0 Å². The SMILES string of the molecule is CCCCCCCCCCCCC1(O)CCCC(N)C1. The molecule has 120 valence electrons. The van der Waals surface area contributed by atoms with Crippen molar-refractivity contribution >= 4 is 0 Å². The lowest BCUT2D eigenvalue weighted by Crippen LogP contribution is -2.41. The number of hydrogen-bond donors (Lipinski definition) is 2. The fourth-order valence-electron chi connectivity index (χ4n) is 3.55. The van der Waals surface area contributed by atoms with Gasteiger partial charge in [-0.2, -0.15) is 0 Å². The quantitative estimate of drug-likeness (QED) is 0.528. The van der Waals surface area contributed by atoms with Crippen LogP contribution in [0.25, 0.3) is 0 Å². The lowest BCUT2D eigenvalue weighted by molar-refractivity contribution is -0.0119. The van der Waals surface area contributed by atoms with Gasteiger partial charge in [0.05, 0.1) is 5.60 Å². The molecule has 1 aliphatic carbocycles. The van der Waals surface area contributed by atoms with Gasteiger partial charge in [0.15, 0.2) is 0 Å². The van der Waals surface area contributed by atoms with Gasteiger partial charge in [0.25, 0.3) is 0 Å². The lowest BCUT2D eigenvalue weighted by Gasteiger charge is -2.35. The Labute approximate surface area is 126 Å². The molecule has 0 aromatic carbocycles. The van der Waals surface area contributed by atoms with Gasteiger partial charge in [-0.05, 0) is 32.1 Å². The van der Waals surface area contributed by atoms with E-state index in [0.29, 0.717) is 0 Å². The van der Waals surface area contributed by atoms with Crippen LogP contribution in [0.1, 0.15) is 103 Å². The van der Waals surface area contributed by atoms with Gasteiger partial charge in [-0.25, -0.2) is 0 Å². The average Bonchev–Trinajstić information content (AvgIpc) is 2.40. The first kappa shape index (κ1) is 18.0. The van der Waals surface area contributed by atoms with Crippen molar-refractivity contribution in [2.75, 3.05) is 0 Å². The van der Waals surface area contributed by atoms with Crippen LogP contribution in [-0.4, -0.2) is 16.7 Å². The highest BCUT2D eigenvalue weighted by Gasteiger charge is 2.31. The molecule has 2 nitrogen and oxygen atoms in total. The topological polar surface area (TPSA) is 46.2 Å². The predicted molar refractivity (Wildman–Crippen MR) is 87.9 cm³/mol. The van der Waals surface area contributed by atoms with Gasteiger partial charge in [0.1, 0.15) is 0 Å². The van der Waals surface area contributed by atoms with Gasteiger partial charge in [-0.1, -0.05) is 71.1 Å². The summed E-state index contributed by atoms with van der Waals surface area (Å²) in [6.07, 6.45) is 18.6. The van der Waals surface area contributed by atoms with E-state index in [4.69, 9.17) is 5.73 Å². The zero-order valence-corrected chi connectivity index (χ0v) is 13.7. The summed E-state index contributed by atoms with van der Waals surface area (Å²) in [5.74, 6) is 0. The van der Waals surface area contributed by atoms with E-state index >= 15 is 0 Å². The summed E-state index contributed by atoms with van der Waals surface area (Å²) in [6.45, 7) is 2.27. The number of unbranched alkanes of at least 4 members (excludes halogenated alkanes) is 9. The second kappa shape index (κ2) is 10.6. The molecule has 0 radical (unpaired) electrons. The fourth-order valence-corrected chi connectivity index (χ4v) is 3.55. The summed E-state index contributed by atoms with van der Waals surface area (Å²) in [5, 5.41) is 10.5. The molecule has 2 heteroatoms. The van der Waals surface area contributed by atoms with Crippen molar-refractivity contribution in [2.45, 2.75) is 115 Å². The molecule has 0 saturated heterocycles. The van der Waals surface area contributed by atoms with Crippen LogP contribution in [0.2, 0.25) is 0 Å². The molecule has 0 aliphatic heterocycles. The average molecular weight is 284 g/mol. The van der Waals surface area contributed by atoms with E-state index in [0.717, 1.165) is 32.1 Å². The summed E-state index contributed by atoms with van der Waals surface area (Å²) in [7, 11) is 0. The summed E-state index contributed by atoms with van der Waals surface area (Å²) >= 11 is 0. The minimum absolute atomic E-state index is 0.233. The second-order valence-corrected chi connectivity index (χ2v) is 7.01. The first-order valence-electron chi connectivity index (χ1n) is 9.14. The highest BCUT2D eigenvalue weighted by atomic mass is 16.3. The zero-order chi connectivity index (χ0) is 14.7. The molecule has 1 rings (SSSR count).